The molecule has 1 aliphatic rings. The number of hydrogen-bond donors (Lipinski definition) is 1. The molecule has 0 aliphatic carbocycles. The van der Waals surface area contributed by atoms with Crippen molar-refractivity contribution in [2.75, 3.05) is 38.0 Å². The minimum absolute atomic E-state index is 0.0281. The van der Waals surface area contributed by atoms with Gasteiger partial charge in [0.2, 0.25) is 11.8 Å². The summed E-state index contributed by atoms with van der Waals surface area (Å²) >= 11 is 0. The van der Waals surface area contributed by atoms with E-state index >= 15 is 0 Å². The highest BCUT2D eigenvalue weighted by atomic mass is 16.2. The summed E-state index contributed by atoms with van der Waals surface area (Å²) < 4.78 is 0. The molecule has 1 saturated heterocycles. The molecule has 0 unspecified atom stereocenters. The number of nitrogens with zero attached hydrogens (tertiary/aromatic N) is 2. The lowest BCUT2D eigenvalue weighted by Crippen LogP contribution is -2.49. The summed E-state index contributed by atoms with van der Waals surface area (Å²) in [4.78, 5) is 27.7. The van der Waals surface area contributed by atoms with Gasteiger partial charge in [-0.15, -0.1) is 0 Å². The number of anilines is 1. The number of amides is 2. The number of benzene rings is 2. The maximum atomic E-state index is 12.4. The topological polar surface area (TPSA) is 52.7 Å². The zero-order valence-electron chi connectivity index (χ0n) is 14.4. The Kier molecular flexibility index (Phi) is 5.46. The number of hydrogen-bond acceptors (Lipinski definition) is 3. The lowest BCUT2D eigenvalue weighted by molar-refractivity contribution is -0.130. The first-order valence-electron chi connectivity index (χ1n) is 8.55. The molecule has 130 valence electrons. The van der Waals surface area contributed by atoms with Crippen LogP contribution >= 0.6 is 0 Å². The Bertz CT molecular complexity index is 738. The standard InChI is InChI=1S/C20H23N3O2/c1-16(24)23-13-11-22(12-14-23)15-20(25)21-19-10-6-5-9-18(19)17-7-3-2-4-8-17/h2-10H,11-15H2,1H3,(H,21,25). The SMILES string of the molecule is CC(=O)N1CCN(CC(=O)Nc2ccccc2-c2ccccc2)CC1. The zero-order chi connectivity index (χ0) is 17.6. The van der Waals surface area contributed by atoms with Gasteiger partial charge in [0.25, 0.3) is 0 Å². The molecule has 2 aromatic rings. The smallest absolute Gasteiger partial charge is 0.238 e. The van der Waals surface area contributed by atoms with E-state index in [1.54, 1.807) is 6.92 Å². The van der Waals surface area contributed by atoms with Crippen molar-refractivity contribution in [2.24, 2.45) is 0 Å². The van der Waals surface area contributed by atoms with Gasteiger partial charge in [-0.1, -0.05) is 48.5 Å². The molecule has 1 aliphatic heterocycles. The van der Waals surface area contributed by atoms with Crippen molar-refractivity contribution in [2.45, 2.75) is 6.92 Å². The van der Waals surface area contributed by atoms with Crippen molar-refractivity contribution in [3.63, 3.8) is 0 Å². The van der Waals surface area contributed by atoms with E-state index in [1.807, 2.05) is 59.5 Å². The number of nitrogens with one attached hydrogen (secondary N) is 1. The van der Waals surface area contributed by atoms with Gasteiger partial charge in [0, 0.05) is 44.4 Å². The Morgan fingerprint density at radius 1 is 0.920 bits per heavy atom. The van der Waals surface area contributed by atoms with Crippen LogP contribution in [0.25, 0.3) is 11.1 Å². The van der Waals surface area contributed by atoms with Crippen LogP contribution in [0.15, 0.2) is 54.6 Å². The van der Waals surface area contributed by atoms with Crippen LogP contribution in [0, 0.1) is 0 Å². The summed E-state index contributed by atoms with van der Waals surface area (Å²) in [5.74, 6) is 0.0700. The number of piperazine rings is 1. The van der Waals surface area contributed by atoms with Gasteiger partial charge in [-0.2, -0.15) is 0 Å². The summed E-state index contributed by atoms with van der Waals surface area (Å²) in [6, 6.07) is 17.9. The molecule has 2 aromatic carbocycles. The average molecular weight is 337 g/mol. The largest absolute Gasteiger partial charge is 0.340 e. The Labute approximate surface area is 148 Å². The molecular weight excluding hydrogens is 314 g/mol. The van der Waals surface area contributed by atoms with Crippen LogP contribution in [-0.2, 0) is 9.59 Å². The second kappa shape index (κ2) is 7.94. The molecule has 1 fully saturated rings. The van der Waals surface area contributed by atoms with Crippen molar-refractivity contribution < 1.29 is 9.59 Å². The molecule has 2 amide bonds. The second-order valence-corrected chi connectivity index (χ2v) is 6.24. The first-order valence-corrected chi connectivity index (χ1v) is 8.55. The van der Waals surface area contributed by atoms with Gasteiger partial charge >= 0.3 is 0 Å². The lowest BCUT2D eigenvalue weighted by atomic mass is 10.0. The number of rotatable bonds is 4. The van der Waals surface area contributed by atoms with Crippen molar-refractivity contribution in [1.82, 2.24) is 9.80 Å². The molecule has 0 atom stereocenters. The fourth-order valence-electron chi connectivity index (χ4n) is 3.08. The number of carbonyl (C=O) groups is 2. The van der Waals surface area contributed by atoms with Crippen LogP contribution in [0.3, 0.4) is 0 Å². The molecular formula is C20H23N3O2. The van der Waals surface area contributed by atoms with Gasteiger partial charge in [0.05, 0.1) is 6.54 Å². The Morgan fingerprint density at radius 3 is 2.24 bits per heavy atom. The first kappa shape index (κ1) is 17.2. The molecule has 0 aromatic heterocycles. The summed E-state index contributed by atoms with van der Waals surface area (Å²) in [5.41, 5.74) is 2.91. The molecule has 0 radical (unpaired) electrons. The van der Waals surface area contributed by atoms with Gasteiger partial charge in [0.15, 0.2) is 0 Å². The quantitative estimate of drug-likeness (QED) is 0.932. The van der Waals surface area contributed by atoms with E-state index in [1.165, 1.54) is 0 Å². The van der Waals surface area contributed by atoms with E-state index in [0.717, 1.165) is 29.9 Å². The Balaban J connectivity index is 1.62. The fourth-order valence-corrected chi connectivity index (χ4v) is 3.08. The van der Waals surface area contributed by atoms with Crippen LogP contribution in [0.5, 0.6) is 0 Å². The van der Waals surface area contributed by atoms with Gasteiger partial charge in [-0.25, -0.2) is 0 Å². The van der Waals surface area contributed by atoms with E-state index in [0.29, 0.717) is 19.6 Å². The minimum Gasteiger partial charge on any atom is -0.340 e. The molecule has 5 heteroatoms. The van der Waals surface area contributed by atoms with E-state index in [-0.39, 0.29) is 11.8 Å². The predicted octanol–water partition coefficient (Wildman–Crippen LogP) is 2.46. The van der Waals surface area contributed by atoms with E-state index < -0.39 is 0 Å². The zero-order valence-corrected chi connectivity index (χ0v) is 14.4. The summed E-state index contributed by atoms with van der Waals surface area (Å²) in [6.07, 6.45) is 0. The van der Waals surface area contributed by atoms with Crippen LogP contribution in [0.2, 0.25) is 0 Å². The minimum atomic E-state index is -0.0281. The highest BCUT2D eigenvalue weighted by molar-refractivity contribution is 5.96. The van der Waals surface area contributed by atoms with Crippen molar-refractivity contribution in [1.29, 1.82) is 0 Å². The Morgan fingerprint density at radius 2 is 1.56 bits per heavy atom. The fraction of sp³-hybridized carbons (Fsp3) is 0.300. The third kappa shape index (κ3) is 4.45. The third-order valence-corrected chi connectivity index (χ3v) is 4.47. The van der Waals surface area contributed by atoms with Gasteiger partial charge in [-0.3, -0.25) is 14.5 Å². The monoisotopic (exact) mass is 337 g/mol. The molecule has 0 bridgehead atoms. The third-order valence-electron chi connectivity index (χ3n) is 4.47. The summed E-state index contributed by atoms with van der Waals surface area (Å²) in [5, 5.41) is 3.03. The van der Waals surface area contributed by atoms with E-state index in [2.05, 4.69) is 10.2 Å². The normalized spacial score (nSPS) is 15.0. The number of para-hydroxylation sites is 1. The lowest BCUT2D eigenvalue weighted by Gasteiger charge is -2.33. The maximum absolute atomic E-state index is 12.4. The molecule has 3 rings (SSSR count). The van der Waals surface area contributed by atoms with Crippen molar-refractivity contribution in [3.05, 3.63) is 54.6 Å². The maximum Gasteiger partial charge on any atom is 0.238 e. The molecule has 1 heterocycles. The van der Waals surface area contributed by atoms with Gasteiger partial charge in [-0.05, 0) is 11.6 Å². The second-order valence-electron chi connectivity index (χ2n) is 6.24. The van der Waals surface area contributed by atoms with Crippen molar-refractivity contribution >= 4 is 17.5 Å². The highest BCUT2D eigenvalue weighted by Gasteiger charge is 2.20. The van der Waals surface area contributed by atoms with Crippen LogP contribution in [0.1, 0.15) is 6.92 Å². The first-order chi connectivity index (χ1) is 12.1. The molecule has 1 N–H and O–H groups in total. The number of carbonyl (C=O) groups excluding carboxylic acids is 2. The van der Waals surface area contributed by atoms with E-state index in [4.69, 9.17) is 0 Å². The van der Waals surface area contributed by atoms with Gasteiger partial charge in [0.1, 0.15) is 0 Å². The molecule has 0 spiro atoms. The molecule has 0 saturated carbocycles. The van der Waals surface area contributed by atoms with Crippen LogP contribution in [0.4, 0.5) is 5.69 Å². The Hall–Kier alpha value is -2.66. The van der Waals surface area contributed by atoms with Crippen LogP contribution in [-0.4, -0.2) is 54.3 Å². The summed E-state index contributed by atoms with van der Waals surface area (Å²) in [7, 11) is 0. The highest BCUT2D eigenvalue weighted by Crippen LogP contribution is 2.27. The van der Waals surface area contributed by atoms with Gasteiger partial charge < -0.3 is 10.2 Å². The molecule has 25 heavy (non-hydrogen) atoms. The predicted molar refractivity (Wildman–Crippen MR) is 99.2 cm³/mol. The molecule has 5 nitrogen and oxygen atoms in total. The van der Waals surface area contributed by atoms with Crippen molar-refractivity contribution in [3.8, 4) is 11.1 Å². The average Bonchev–Trinajstić information content (AvgIpc) is 2.63. The van der Waals surface area contributed by atoms with E-state index in [9.17, 15) is 9.59 Å². The summed E-state index contributed by atoms with van der Waals surface area (Å²) in [6.45, 7) is 4.75. The van der Waals surface area contributed by atoms with Crippen LogP contribution < -0.4 is 5.32 Å².